The molecule has 0 bridgehead atoms. The Labute approximate surface area is 81.1 Å². The molecule has 14 heavy (non-hydrogen) atoms. The summed E-state index contributed by atoms with van der Waals surface area (Å²) in [4.78, 5) is 18.4. The normalized spacial score (nSPS) is 10.9. The molecule has 2 rings (SSSR count). The summed E-state index contributed by atoms with van der Waals surface area (Å²) in [6.07, 6.45) is 7.25. The van der Waals surface area contributed by atoms with Crippen LogP contribution in [0.1, 0.15) is 5.56 Å². The Morgan fingerprint density at radius 2 is 1.86 bits per heavy atom. The molecule has 0 N–H and O–H groups in total. The van der Waals surface area contributed by atoms with Crippen molar-refractivity contribution in [3.8, 4) is 0 Å². The fourth-order valence-electron chi connectivity index (χ4n) is 1.23. The van der Waals surface area contributed by atoms with Gasteiger partial charge in [0.2, 0.25) is 0 Å². The molecular weight excluding hydrogens is 176 g/mol. The SMILES string of the molecule is O=CC=Cc1ccc2nccnc2c1. The van der Waals surface area contributed by atoms with Crippen molar-refractivity contribution in [1.29, 1.82) is 0 Å². The molecule has 0 amide bonds. The Morgan fingerprint density at radius 1 is 1.07 bits per heavy atom. The molecular formula is C11H8N2O. The Morgan fingerprint density at radius 3 is 2.64 bits per heavy atom. The van der Waals surface area contributed by atoms with E-state index >= 15 is 0 Å². The van der Waals surface area contributed by atoms with Gasteiger partial charge < -0.3 is 0 Å². The van der Waals surface area contributed by atoms with Gasteiger partial charge in [0.15, 0.2) is 0 Å². The summed E-state index contributed by atoms with van der Waals surface area (Å²) in [6, 6.07) is 5.67. The van der Waals surface area contributed by atoms with Crippen LogP contribution < -0.4 is 0 Å². The lowest BCUT2D eigenvalue weighted by Crippen LogP contribution is -1.82. The average Bonchev–Trinajstić information content (AvgIpc) is 2.26. The molecule has 0 atom stereocenters. The molecule has 2 aromatic rings. The van der Waals surface area contributed by atoms with Gasteiger partial charge in [0.25, 0.3) is 0 Å². The standard InChI is InChI=1S/C11H8N2O/c14-7-1-2-9-3-4-10-11(8-9)13-6-5-12-10/h1-8H. The third-order valence-corrected chi connectivity index (χ3v) is 1.86. The van der Waals surface area contributed by atoms with Crippen molar-refractivity contribution >= 4 is 23.4 Å². The highest BCUT2D eigenvalue weighted by atomic mass is 16.1. The largest absolute Gasteiger partial charge is 0.299 e. The van der Waals surface area contributed by atoms with Crippen LogP contribution in [0.25, 0.3) is 17.1 Å². The van der Waals surface area contributed by atoms with Crippen LogP contribution in [-0.4, -0.2) is 16.3 Å². The van der Waals surface area contributed by atoms with E-state index in [4.69, 9.17) is 0 Å². The predicted molar refractivity (Wildman–Crippen MR) is 54.6 cm³/mol. The highest BCUT2D eigenvalue weighted by molar-refractivity contribution is 5.80. The van der Waals surface area contributed by atoms with Gasteiger partial charge in [-0.25, -0.2) is 0 Å². The van der Waals surface area contributed by atoms with E-state index in [0.29, 0.717) is 0 Å². The van der Waals surface area contributed by atoms with Gasteiger partial charge in [0.05, 0.1) is 11.0 Å². The minimum absolute atomic E-state index is 0.751. The number of aromatic nitrogens is 2. The van der Waals surface area contributed by atoms with Crippen LogP contribution in [0.3, 0.4) is 0 Å². The molecule has 68 valence electrons. The van der Waals surface area contributed by atoms with Crippen molar-refractivity contribution in [2.45, 2.75) is 0 Å². The van der Waals surface area contributed by atoms with E-state index in [1.807, 2.05) is 18.2 Å². The summed E-state index contributed by atoms with van der Waals surface area (Å²) in [7, 11) is 0. The predicted octanol–water partition coefficient (Wildman–Crippen LogP) is 1.84. The number of aldehydes is 1. The monoisotopic (exact) mass is 184 g/mol. The van der Waals surface area contributed by atoms with Crippen LogP contribution in [0.5, 0.6) is 0 Å². The molecule has 0 aliphatic heterocycles. The van der Waals surface area contributed by atoms with E-state index in [0.717, 1.165) is 22.9 Å². The molecule has 0 aliphatic carbocycles. The first kappa shape index (κ1) is 8.56. The molecule has 3 heteroatoms. The lowest BCUT2D eigenvalue weighted by Gasteiger charge is -1.96. The Balaban J connectivity index is 2.51. The van der Waals surface area contributed by atoms with Crippen molar-refractivity contribution in [1.82, 2.24) is 9.97 Å². The quantitative estimate of drug-likeness (QED) is 0.528. The van der Waals surface area contributed by atoms with Crippen LogP contribution >= 0.6 is 0 Å². The molecule has 1 heterocycles. The first-order chi connectivity index (χ1) is 6.90. The van der Waals surface area contributed by atoms with E-state index in [1.54, 1.807) is 18.5 Å². The van der Waals surface area contributed by atoms with Gasteiger partial charge in [-0.3, -0.25) is 14.8 Å². The molecule has 0 saturated carbocycles. The minimum Gasteiger partial charge on any atom is -0.299 e. The summed E-state index contributed by atoms with van der Waals surface area (Å²) in [5.41, 5.74) is 2.64. The van der Waals surface area contributed by atoms with Gasteiger partial charge >= 0.3 is 0 Å². The Bertz CT molecular complexity index is 491. The zero-order valence-corrected chi connectivity index (χ0v) is 7.42. The van der Waals surface area contributed by atoms with Crippen LogP contribution in [0.15, 0.2) is 36.7 Å². The van der Waals surface area contributed by atoms with Crippen molar-refractivity contribution in [2.75, 3.05) is 0 Å². The van der Waals surface area contributed by atoms with Crippen molar-refractivity contribution in [2.24, 2.45) is 0 Å². The summed E-state index contributed by atoms with van der Waals surface area (Å²) in [5.74, 6) is 0. The van der Waals surface area contributed by atoms with Gasteiger partial charge in [-0.05, 0) is 23.8 Å². The Kier molecular flexibility index (Phi) is 2.32. The number of allylic oxidation sites excluding steroid dienone is 1. The number of fused-ring (bicyclic) bond motifs is 1. The lowest BCUT2D eigenvalue weighted by atomic mass is 10.2. The maximum Gasteiger partial charge on any atom is 0.142 e. The van der Waals surface area contributed by atoms with Crippen molar-refractivity contribution in [3.05, 3.63) is 42.2 Å². The van der Waals surface area contributed by atoms with E-state index in [-0.39, 0.29) is 0 Å². The molecule has 1 aromatic carbocycles. The van der Waals surface area contributed by atoms with E-state index in [9.17, 15) is 4.79 Å². The molecule has 0 aliphatic rings. The number of hydrogen-bond acceptors (Lipinski definition) is 3. The third-order valence-electron chi connectivity index (χ3n) is 1.86. The maximum atomic E-state index is 10.1. The fraction of sp³-hybridized carbons (Fsp3) is 0. The second-order valence-corrected chi connectivity index (χ2v) is 2.80. The molecule has 0 saturated heterocycles. The smallest absolute Gasteiger partial charge is 0.142 e. The van der Waals surface area contributed by atoms with Gasteiger partial charge in [-0.2, -0.15) is 0 Å². The van der Waals surface area contributed by atoms with Gasteiger partial charge in [-0.15, -0.1) is 0 Å². The van der Waals surface area contributed by atoms with Gasteiger partial charge in [0.1, 0.15) is 6.29 Å². The third kappa shape index (κ3) is 1.66. The fourth-order valence-corrected chi connectivity index (χ4v) is 1.23. The molecule has 0 unspecified atom stereocenters. The van der Waals surface area contributed by atoms with Gasteiger partial charge in [0, 0.05) is 12.4 Å². The number of benzene rings is 1. The average molecular weight is 184 g/mol. The van der Waals surface area contributed by atoms with Crippen molar-refractivity contribution < 1.29 is 4.79 Å². The van der Waals surface area contributed by atoms with Crippen LogP contribution in [0.4, 0.5) is 0 Å². The summed E-state index contributed by atoms with van der Waals surface area (Å²) in [6.45, 7) is 0. The zero-order chi connectivity index (χ0) is 9.80. The zero-order valence-electron chi connectivity index (χ0n) is 7.42. The summed E-state index contributed by atoms with van der Waals surface area (Å²) < 4.78 is 0. The minimum atomic E-state index is 0.751. The van der Waals surface area contributed by atoms with Crippen LogP contribution in [0, 0.1) is 0 Å². The second kappa shape index (κ2) is 3.79. The van der Waals surface area contributed by atoms with Crippen LogP contribution in [-0.2, 0) is 4.79 Å². The molecule has 1 aromatic heterocycles. The van der Waals surface area contributed by atoms with E-state index in [2.05, 4.69) is 9.97 Å². The number of hydrogen-bond donors (Lipinski definition) is 0. The molecule has 3 nitrogen and oxygen atoms in total. The number of rotatable bonds is 2. The second-order valence-electron chi connectivity index (χ2n) is 2.80. The number of carbonyl (C=O) groups is 1. The first-order valence-electron chi connectivity index (χ1n) is 4.23. The Hall–Kier alpha value is -2.03. The lowest BCUT2D eigenvalue weighted by molar-refractivity contribution is -0.104. The molecule has 0 fully saturated rings. The highest BCUT2D eigenvalue weighted by Gasteiger charge is 1.94. The van der Waals surface area contributed by atoms with Gasteiger partial charge in [-0.1, -0.05) is 12.1 Å². The number of carbonyl (C=O) groups excluding carboxylic acids is 1. The molecule has 0 spiro atoms. The highest BCUT2D eigenvalue weighted by Crippen LogP contribution is 2.11. The van der Waals surface area contributed by atoms with Crippen LogP contribution in [0.2, 0.25) is 0 Å². The van der Waals surface area contributed by atoms with E-state index < -0.39 is 0 Å². The summed E-state index contributed by atoms with van der Waals surface area (Å²) in [5, 5.41) is 0. The summed E-state index contributed by atoms with van der Waals surface area (Å²) >= 11 is 0. The first-order valence-corrected chi connectivity index (χ1v) is 4.23. The van der Waals surface area contributed by atoms with E-state index in [1.165, 1.54) is 6.08 Å². The molecule has 0 radical (unpaired) electrons. The maximum absolute atomic E-state index is 10.1. The number of nitrogens with zero attached hydrogens (tertiary/aromatic N) is 2. The van der Waals surface area contributed by atoms with Crippen molar-refractivity contribution in [3.63, 3.8) is 0 Å². The topological polar surface area (TPSA) is 42.9 Å².